The Balaban J connectivity index is 2.11. The van der Waals surface area contributed by atoms with Crippen molar-refractivity contribution in [3.05, 3.63) is 33.9 Å². The standard InChI is InChI=1S/C13H19N3O2/c1-9-2-7-12(13(8-9)16(17)18)15-11-5-3-10(14)4-6-11/h2,7-8,10-11,15H,3-6,14H2,1H3. The summed E-state index contributed by atoms with van der Waals surface area (Å²) in [7, 11) is 0. The Morgan fingerprint density at radius 2 is 2.00 bits per heavy atom. The van der Waals surface area contributed by atoms with Crippen LogP contribution in [0.15, 0.2) is 18.2 Å². The lowest BCUT2D eigenvalue weighted by Crippen LogP contribution is -2.32. The molecule has 1 fully saturated rings. The maximum Gasteiger partial charge on any atom is 0.292 e. The van der Waals surface area contributed by atoms with Gasteiger partial charge in [0, 0.05) is 18.2 Å². The minimum Gasteiger partial charge on any atom is -0.377 e. The Bertz CT molecular complexity index is 440. The average Bonchev–Trinajstić information content (AvgIpc) is 2.34. The van der Waals surface area contributed by atoms with Crippen LogP contribution in [0.2, 0.25) is 0 Å². The van der Waals surface area contributed by atoms with Gasteiger partial charge in [-0.2, -0.15) is 0 Å². The van der Waals surface area contributed by atoms with Gasteiger partial charge in [0.15, 0.2) is 0 Å². The number of nitrogens with one attached hydrogen (secondary N) is 1. The first-order chi connectivity index (χ1) is 8.56. The Labute approximate surface area is 107 Å². The monoisotopic (exact) mass is 249 g/mol. The number of hydrogen-bond donors (Lipinski definition) is 2. The van der Waals surface area contributed by atoms with Crippen LogP contribution >= 0.6 is 0 Å². The molecule has 18 heavy (non-hydrogen) atoms. The van der Waals surface area contributed by atoms with Crippen molar-refractivity contribution in [3.63, 3.8) is 0 Å². The smallest absolute Gasteiger partial charge is 0.292 e. The largest absolute Gasteiger partial charge is 0.377 e. The molecule has 1 aliphatic rings. The van der Waals surface area contributed by atoms with Gasteiger partial charge in [-0.05, 0) is 44.2 Å². The summed E-state index contributed by atoms with van der Waals surface area (Å²) >= 11 is 0. The van der Waals surface area contributed by atoms with Gasteiger partial charge in [-0.1, -0.05) is 6.07 Å². The molecule has 0 aliphatic heterocycles. The van der Waals surface area contributed by atoms with Gasteiger partial charge in [0.1, 0.15) is 5.69 Å². The molecule has 0 bridgehead atoms. The Morgan fingerprint density at radius 3 is 2.61 bits per heavy atom. The Hall–Kier alpha value is -1.62. The van der Waals surface area contributed by atoms with E-state index >= 15 is 0 Å². The summed E-state index contributed by atoms with van der Waals surface area (Å²) in [5.74, 6) is 0. The van der Waals surface area contributed by atoms with E-state index in [-0.39, 0.29) is 16.7 Å². The van der Waals surface area contributed by atoms with Gasteiger partial charge in [-0.3, -0.25) is 10.1 Å². The zero-order valence-electron chi connectivity index (χ0n) is 10.6. The number of nitrogens with zero attached hydrogens (tertiary/aromatic N) is 1. The van der Waals surface area contributed by atoms with Crippen LogP contribution in [0.5, 0.6) is 0 Å². The molecule has 2 rings (SSSR count). The lowest BCUT2D eigenvalue weighted by atomic mass is 9.91. The number of nitro benzene ring substituents is 1. The van der Waals surface area contributed by atoms with Crippen LogP contribution in [0.4, 0.5) is 11.4 Å². The van der Waals surface area contributed by atoms with Crippen molar-refractivity contribution in [2.75, 3.05) is 5.32 Å². The van der Waals surface area contributed by atoms with Gasteiger partial charge in [0.25, 0.3) is 5.69 Å². The predicted octanol–water partition coefficient (Wildman–Crippen LogP) is 2.59. The van der Waals surface area contributed by atoms with Gasteiger partial charge in [-0.25, -0.2) is 0 Å². The number of hydrogen-bond acceptors (Lipinski definition) is 4. The quantitative estimate of drug-likeness (QED) is 0.637. The Kier molecular flexibility index (Phi) is 3.81. The van der Waals surface area contributed by atoms with Crippen molar-refractivity contribution in [1.82, 2.24) is 0 Å². The first kappa shape index (κ1) is 12.8. The van der Waals surface area contributed by atoms with Crippen molar-refractivity contribution in [1.29, 1.82) is 0 Å². The minimum absolute atomic E-state index is 0.157. The van der Waals surface area contributed by atoms with E-state index in [2.05, 4.69) is 5.32 Å². The van der Waals surface area contributed by atoms with E-state index in [0.29, 0.717) is 11.7 Å². The fourth-order valence-corrected chi connectivity index (χ4v) is 2.40. The van der Waals surface area contributed by atoms with Crippen LogP contribution in [0.3, 0.4) is 0 Å². The molecule has 0 atom stereocenters. The van der Waals surface area contributed by atoms with Crippen LogP contribution in [0.1, 0.15) is 31.2 Å². The summed E-state index contributed by atoms with van der Waals surface area (Å²) in [6.07, 6.45) is 3.92. The van der Waals surface area contributed by atoms with Crippen LogP contribution in [0, 0.1) is 17.0 Å². The summed E-state index contributed by atoms with van der Waals surface area (Å²) < 4.78 is 0. The number of nitrogens with two attached hydrogens (primary N) is 1. The second-order valence-corrected chi connectivity index (χ2v) is 5.03. The third-order valence-corrected chi connectivity index (χ3v) is 3.48. The van der Waals surface area contributed by atoms with Gasteiger partial charge in [0.05, 0.1) is 4.92 Å². The molecule has 0 radical (unpaired) electrons. The molecule has 0 amide bonds. The summed E-state index contributed by atoms with van der Waals surface area (Å²) in [6.45, 7) is 1.86. The predicted molar refractivity (Wildman–Crippen MR) is 71.7 cm³/mol. The molecule has 1 aliphatic carbocycles. The van der Waals surface area contributed by atoms with Crippen LogP contribution in [0.25, 0.3) is 0 Å². The SMILES string of the molecule is Cc1ccc(NC2CCC(N)CC2)c([N+](=O)[O-])c1. The fourth-order valence-electron chi connectivity index (χ4n) is 2.40. The second-order valence-electron chi connectivity index (χ2n) is 5.03. The molecule has 0 heterocycles. The summed E-state index contributed by atoms with van der Waals surface area (Å²) in [5.41, 5.74) is 7.53. The van der Waals surface area contributed by atoms with Gasteiger partial charge in [0.2, 0.25) is 0 Å². The first-order valence-corrected chi connectivity index (χ1v) is 6.33. The van der Waals surface area contributed by atoms with Gasteiger partial charge in [-0.15, -0.1) is 0 Å². The second kappa shape index (κ2) is 5.35. The molecule has 0 spiro atoms. The van der Waals surface area contributed by atoms with E-state index in [9.17, 15) is 10.1 Å². The highest BCUT2D eigenvalue weighted by Crippen LogP contribution is 2.28. The van der Waals surface area contributed by atoms with E-state index < -0.39 is 0 Å². The maximum absolute atomic E-state index is 11.0. The lowest BCUT2D eigenvalue weighted by Gasteiger charge is -2.27. The Morgan fingerprint density at radius 1 is 1.33 bits per heavy atom. The lowest BCUT2D eigenvalue weighted by molar-refractivity contribution is -0.384. The van der Waals surface area contributed by atoms with Crippen molar-refractivity contribution in [2.45, 2.75) is 44.7 Å². The molecule has 1 aromatic rings. The summed E-state index contributed by atoms with van der Waals surface area (Å²) in [6, 6.07) is 5.88. The topological polar surface area (TPSA) is 81.2 Å². The molecule has 5 heteroatoms. The molecule has 1 aromatic carbocycles. The normalized spacial score (nSPS) is 23.7. The molecular formula is C13H19N3O2. The van der Waals surface area contributed by atoms with E-state index in [1.165, 1.54) is 0 Å². The molecule has 0 aromatic heterocycles. The van der Waals surface area contributed by atoms with E-state index in [0.717, 1.165) is 31.2 Å². The average molecular weight is 249 g/mol. The zero-order valence-corrected chi connectivity index (χ0v) is 10.6. The highest BCUT2D eigenvalue weighted by molar-refractivity contribution is 5.63. The van der Waals surface area contributed by atoms with E-state index in [1.54, 1.807) is 12.1 Å². The van der Waals surface area contributed by atoms with Crippen molar-refractivity contribution >= 4 is 11.4 Å². The highest BCUT2D eigenvalue weighted by atomic mass is 16.6. The third-order valence-electron chi connectivity index (χ3n) is 3.48. The maximum atomic E-state index is 11.0. The van der Waals surface area contributed by atoms with E-state index in [1.807, 2.05) is 13.0 Å². The first-order valence-electron chi connectivity index (χ1n) is 6.33. The third kappa shape index (κ3) is 2.98. The molecular weight excluding hydrogens is 230 g/mol. The summed E-state index contributed by atoms with van der Waals surface area (Å²) in [5, 5.41) is 14.3. The van der Waals surface area contributed by atoms with Crippen molar-refractivity contribution < 1.29 is 4.92 Å². The summed E-state index contributed by atoms with van der Waals surface area (Å²) in [4.78, 5) is 10.7. The minimum atomic E-state index is -0.329. The fraction of sp³-hybridized carbons (Fsp3) is 0.538. The van der Waals surface area contributed by atoms with Crippen molar-refractivity contribution in [2.24, 2.45) is 5.73 Å². The van der Waals surface area contributed by atoms with Gasteiger partial charge < -0.3 is 11.1 Å². The van der Waals surface area contributed by atoms with Crippen molar-refractivity contribution in [3.8, 4) is 0 Å². The van der Waals surface area contributed by atoms with Gasteiger partial charge >= 0.3 is 0 Å². The molecule has 0 unspecified atom stereocenters. The van der Waals surface area contributed by atoms with Crippen LogP contribution in [-0.4, -0.2) is 17.0 Å². The highest BCUT2D eigenvalue weighted by Gasteiger charge is 2.21. The van der Waals surface area contributed by atoms with Crippen LogP contribution < -0.4 is 11.1 Å². The molecule has 1 saturated carbocycles. The number of rotatable bonds is 3. The zero-order chi connectivity index (χ0) is 13.1. The number of anilines is 1. The number of aryl methyl sites for hydroxylation is 1. The number of benzene rings is 1. The molecule has 3 N–H and O–H groups in total. The van der Waals surface area contributed by atoms with Crippen LogP contribution in [-0.2, 0) is 0 Å². The molecule has 98 valence electrons. The van der Waals surface area contributed by atoms with E-state index in [4.69, 9.17) is 5.73 Å². The molecule has 0 saturated heterocycles. The molecule has 5 nitrogen and oxygen atoms in total. The number of nitro groups is 1.